The zero-order valence-corrected chi connectivity index (χ0v) is 21.5. The van der Waals surface area contributed by atoms with Crippen molar-refractivity contribution in [1.29, 1.82) is 0 Å². The van der Waals surface area contributed by atoms with Crippen molar-refractivity contribution in [2.24, 2.45) is 0 Å². The number of rotatable bonds is 22. The minimum Gasteiger partial charge on any atom is -0.344 e. The second kappa shape index (κ2) is 20.7. The van der Waals surface area contributed by atoms with Crippen LogP contribution in [0.25, 0.3) is 0 Å². The van der Waals surface area contributed by atoms with Crippen molar-refractivity contribution < 1.29 is 4.74 Å². The molecule has 0 aromatic heterocycles. The molecule has 0 saturated heterocycles. The third-order valence-corrected chi connectivity index (χ3v) is 11.8. The highest BCUT2D eigenvalue weighted by atomic mass is 31.2. The Labute approximate surface area is 180 Å². The molecular formula is C26H56OP+. The van der Waals surface area contributed by atoms with E-state index in [4.69, 9.17) is 4.74 Å². The minimum absolute atomic E-state index is 0.596. The third kappa shape index (κ3) is 13.6. The molecule has 0 fully saturated rings. The van der Waals surface area contributed by atoms with Crippen LogP contribution in [0.2, 0.25) is 0 Å². The SMILES string of the molecule is CCCCCCCCCCCCOC(CCC)[P+](CC)(CCCC)CCCC. The van der Waals surface area contributed by atoms with Crippen molar-refractivity contribution in [3.63, 3.8) is 0 Å². The lowest BCUT2D eigenvalue weighted by atomic mass is 10.1. The molecule has 1 atom stereocenters. The van der Waals surface area contributed by atoms with E-state index < -0.39 is 7.26 Å². The Balaban J connectivity index is 4.21. The summed E-state index contributed by atoms with van der Waals surface area (Å²) in [5, 5.41) is 0. The van der Waals surface area contributed by atoms with Gasteiger partial charge in [-0.1, -0.05) is 105 Å². The number of unbranched alkanes of at least 4 members (excludes halogenated alkanes) is 11. The van der Waals surface area contributed by atoms with E-state index in [2.05, 4.69) is 34.6 Å². The molecule has 0 saturated carbocycles. The van der Waals surface area contributed by atoms with E-state index in [1.165, 1.54) is 121 Å². The van der Waals surface area contributed by atoms with Gasteiger partial charge in [0.15, 0.2) is 5.85 Å². The standard InChI is InChI=1S/C26H56OP/c1-6-11-14-15-16-17-18-19-20-21-23-27-26(22-9-4)28(10-5,24-12-7-2)25-13-8-3/h26H,6-25H2,1-5H3/q+1. The van der Waals surface area contributed by atoms with Crippen LogP contribution in [0.15, 0.2) is 0 Å². The van der Waals surface area contributed by atoms with E-state index in [0.29, 0.717) is 5.85 Å². The van der Waals surface area contributed by atoms with Gasteiger partial charge in [0.25, 0.3) is 0 Å². The highest BCUT2D eigenvalue weighted by Crippen LogP contribution is 2.65. The van der Waals surface area contributed by atoms with E-state index in [1.54, 1.807) is 0 Å². The van der Waals surface area contributed by atoms with Crippen molar-refractivity contribution in [1.82, 2.24) is 0 Å². The molecule has 0 amide bonds. The quantitative estimate of drug-likeness (QED) is 0.126. The van der Waals surface area contributed by atoms with E-state index in [1.807, 2.05) is 0 Å². The Kier molecular flexibility index (Phi) is 20.9. The Bertz CT molecular complexity index is 297. The lowest BCUT2D eigenvalue weighted by molar-refractivity contribution is 0.0961. The molecule has 0 aliphatic rings. The zero-order valence-electron chi connectivity index (χ0n) is 20.6. The summed E-state index contributed by atoms with van der Waals surface area (Å²) in [5.74, 6) is 0.596. The van der Waals surface area contributed by atoms with Gasteiger partial charge in [0.2, 0.25) is 0 Å². The molecule has 0 aromatic rings. The molecule has 2 heteroatoms. The Morgan fingerprint density at radius 2 is 1.00 bits per heavy atom. The van der Waals surface area contributed by atoms with Gasteiger partial charge in [-0.05, 0) is 26.2 Å². The zero-order chi connectivity index (χ0) is 20.9. The number of ether oxygens (including phenoxy) is 1. The third-order valence-electron chi connectivity index (χ3n) is 6.50. The van der Waals surface area contributed by atoms with Crippen molar-refractivity contribution in [3.8, 4) is 0 Å². The summed E-state index contributed by atoms with van der Waals surface area (Å²) in [6.45, 7) is 12.8. The molecule has 0 N–H and O–H groups in total. The second-order valence-electron chi connectivity index (χ2n) is 8.99. The Morgan fingerprint density at radius 3 is 1.43 bits per heavy atom. The van der Waals surface area contributed by atoms with Crippen LogP contribution >= 0.6 is 7.26 Å². The van der Waals surface area contributed by atoms with E-state index in [9.17, 15) is 0 Å². The van der Waals surface area contributed by atoms with Crippen LogP contribution in [0.1, 0.15) is 137 Å². The molecule has 0 heterocycles. The molecular weight excluding hydrogens is 359 g/mol. The molecule has 0 radical (unpaired) electrons. The summed E-state index contributed by atoms with van der Waals surface area (Å²) >= 11 is 0. The van der Waals surface area contributed by atoms with E-state index >= 15 is 0 Å². The predicted molar refractivity (Wildman–Crippen MR) is 134 cm³/mol. The first-order chi connectivity index (χ1) is 13.7. The molecule has 0 rings (SSSR count). The van der Waals surface area contributed by atoms with Gasteiger partial charge >= 0.3 is 0 Å². The summed E-state index contributed by atoms with van der Waals surface area (Å²) in [5.41, 5.74) is 0. The van der Waals surface area contributed by atoms with Crippen molar-refractivity contribution >= 4 is 7.26 Å². The van der Waals surface area contributed by atoms with Crippen LogP contribution in [0.5, 0.6) is 0 Å². The van der Waals surface area contributed by atoms with Crippen LogP contribution in [0.3, 0.4) is 0 Å². The molecule has 0 aromatic carbocycles. The van der Waals surface area contributed by atoms with Crippen molar-refractivity contribution in [3.05, 3.63) is 0 Å². The highest BCUT2D eigenvalue weighted by Gasteiger charge is 2.43. The smallest absolute Gasteiger partial charge is 0.166 e. The van der Waals surface area contributed by atoms with Crippen LogP contribution in [0.4, 0.5) is 0 Å². The van der Waals surface area contributed by atoms with Gasteiger partial charge in [-0.15, -0.1) is 0 Å². The van der Waals surface area contributed by atoms with Gasteiger partial charge in [-0.2, -0.15) is 0 Å². The lowest BCUT2D eigenvalue weighted by Gasteiger charge is -2.34. The monoisotopic (exact) mass is 415 g/mol. The molecule has 170 valence electrons. The minimum atomic E-state index is -0.939. The van der Waals surface area contributed by atoms with Gasteiger partial charge in [0, 0.05) is 13.7 Å². The van der Waals surface area contributed by atoms with E-state index in [-0.39, 0.29) is 0 Å². The largest absolute Gasteiger partial charge is 0.344 e. The summed E-state index contributed by atoms with van der Waals surface area (Å²) < 4.78 is 6.65. The van der Waals surface area contributed by atoms with Crippen LogP contribution in [-0.2, 0) is 4.74 Å². The van der Waals surface area contributed by atoms with Gasteiger partial charge in [-0.25, -0.2) is 0 Å². The Hall–Kier alpha value is 0.390. The maximum absolute atomic E-state index is 6.65. The maximum Gasteiger partial charge on any atom is 0.166 e. The summed E-state index contributed by atoms with van der Waals surface area (Å²) in [6.07, 6.45) is 26.5. The molecule has 1 nitrogen and oxygen atoms in total. The highest BCUT2D eigenvalue weighted by molar-refractivity contribution is 7.76. The average molecular weight is 416 g/mol. The molecule has 28 heavy (non-hydrogen) atoms. The number of hydrogen-bond acceptors (Lipinski definition) is 1. The van der Waals surface area contributed by atoms with Gasteiger partial charge in [-0.3, -0.25) is 0 Å². The van der Waals surface area contributed by atoms with Crippen LogP contribution in [0, 0.1) is 0 Å². The lowest BCUT2D eigenvalue weighted by Crippen LogP contribution is -2.25. The first kappa shape index (κ1) is 28.4. The predicted octanol–water partition coefficient (Wildman–Crippen LogP) is 9.69. The normalized spacial score (nSPS) is 13.2. The summed E-state index contributed by atoms with van der Waals surface area (Å²) in [4.78, 5) is 0. The summed E-state index contributed by atoms with van der Waals surface area (Å²) in [6, 6.07) is 0. The fourth-order valence-corrected chi connectivity index (χ4v) is 9.40. The van der Waals surface area contributed by atoms with Crippen LogP contribution in [-0.4, -0.2) is 30.9 Å². The molecule has 0 aliphatic carbocycles. The van der Waals surface area contributed by atoms with Crippen molar-refractivity contribution in [2.45, 2.75) is 143 Å². The van der Waals surface area contributed by atoms with Gasteiger partial charge in [0.1, 0.15) is 0 Å². The number of hydrogen-bond donors (Lipinski definition) is 0. The molecule has 0 aliphatic heterocycles. The topological polar surface area (TPSA) is 9.23 Å². The van der Waals surface area contributed by atoms with Crippen molar-refractivity contribution in [2.75, 3.05) is 25.1 Å². The van der Waals surface area contributed by atoms with Crippen LogP contribution < -0.4 is 0 Å². The first-order valence-corrected chi connectivity index (χ1v) is 15.6. The molecule has 0 bridgehead atoms. The molecule has 0 spiro atoms. The molecule has 1 unspecified atom stereocenters. The Morgan fingerprint density at radius 1 is 0.536 bits per heavy atom. The van der Waals surface area contributed by atoms with E-state index in [0.717, 1.165) is 6.61 Å². The fourth-order valence-electron chi connectivity index (χ4n) is 4.44. The first-order valence-electron chi connectivity index (χ1n) is 13.2. The maximum atomic E-state index is 6.65. The summed E-state index contributed by atoms with van der Waals surface area (Å²) in [7, 11) is -0.939. The van der Waals surface area contributed by atoms with Gasteiger partial charge in [0.05, 0.1) is 25.1 Å². The fraction of sp³-hybridized carbons (Fsp3) is 1.00. The van der Waals surface area contributed by atoms with Gasteiger partial charge < -0.3 is 4.74 Å². The average Bonchev–Trinajstić information content (AvgIpc) is 2.72. The second-order valence-corrected chi connectivity index (χ2v) is 13.5.